The van der Waals surface area contributed by atoms with Gasteiger partial charge < -0.3 is 19.8 Å². The van der Waals surface area contributed by atoms with Gasteiger partial charge in [-0.05, 0) is 12.8 Å². The summed E-state index contributed by atoms with van der Waals surface area (Å²) in [6.07, 6.45) is -0.612. The topological polar surface area (TPSA) is 97.3 Å². The fraction of sp³-hybridized carbons (Fsp3) is 0.667. The van der Waals surface area contributed by atoms with Crippen LogP contribution in [0.15, 0.2) is 0 Å². The molecule has 0 saturated carbocycles. The molecule has 0 amide bonds. The van der Waals surface area contributed by atoms with Crippen LogP contribution in [0.4, 0.5) is 0 Å². The van der Waals surface area contributed by atoms with Crippen LogP contribution in [0.5, 0.6) is 0 Å². The third-order valence-electron chi connectivity index (χ3n) is 1.07. The SMILES string of the molecule is O=C([O-])CCS(=O)CCC(=O)[O-]. The summed E-state index contributed by atoms with van der Waals surface area (Å²) < 4.78 is 10.8. The van der Waals surface area contributed by atoms with Gasteiger partial charge in [-0.15, -0.1) is 0 Å². The maximum Gasteiger partial charge on any atom is 0.0423 e. The molecule has 0 unspecified atom stereocenters. The molecule has 0 bridgehead atoms. The van der Waals surface area contributed by atoms with Crippen molar-refractivity contribution in [2.75, 3.05) is 11.5 Å². The predicted octanol–water partition coefficient (Wildman–Crippen LogP) is -2.98. The zero-order chi connectivity index (χ0) is 9.56. The average Bonchev–Trinajstić information content (AvgIpc) is 1.96. The molecule has 0 aromatic rings. The second-order valence-electron chi connectivity index (χ2n) is 2.09. The Bertz CT molecular complexity index is 180. The lowest BCUT2D eigenvalue weighted by atomic mass is 10.5. The van der Waals surface area contributed by atoms with Gasteiger partial charge >= 0.3 is 0 Å². The number of hydrogen-bond donors (Lipinski definition) is 0. The van der Waals surface area contributed by atoms with Crippen molar-refractivity contribution >= 4 is 22.7 Å². The fourth-order valence-electron chi connectivity index (χ4n) is 0.496. The molecule has 0 aliphatic heterocycles. The summed E-state index contributed by atoms with van der Waals surface area (Å²) in [6, 6.07) is 0. The van der Waals surface area contributed by atoms with Gasteiger partial charge in [-0.2, -0.15) is 0 Å². The van der Waals surface area contributed by atoms with E-state index in [0.29, 0.717) is 0 Å². The smallest absolute Gasteiger partial charge is 0.0423 e. The second kappa shape index (κ2) is 5.70. The Morgan fingerprint density at radius 2 is 1.33 bits per heavy atom. The van der Waals surface area contributed by atoms with Crippen molar-refractivity contribution < 1.29 is 24.0 Å². The highest BCUT2D eigenvalue weighted by molar-refractivity contribution is 7.85. The number of carbonyl (C=O) groups is 2. The number of carbonyl (C=O) groups excluding carboxylic acids is 2. The Hall–Kier alpha value is -0.910. The number of carboxylic acid groups (broad SMARTS) is 2. The van der Waals surface area contributed by atoms with Crippen LogP contribution in [-0.2, 0) is 20.4 Å². The summed E-state index contributed by atoms with van der Waals surface area (Å²) in [7, 11) is -1.40. The molecule has 0 rings (SSSR count). The summed E-state index contributed by atoms with van der Waals surface area (Å²) in [6.45, 7) is 0. The van der Waals surface area contributed by atoms with Crippen molar-refractivity contribution in [2.45, 2.75) is 12.8 Å². The van der Waals surface area contributed by atoms with Crippen molar-refractivity contribution in [3.8, 4) is 0 Å². The minimum atomic E-state index is -1.40. The van der Waals surface area contributed by atoms with Gasteiger partial charge in [-0.1, -0.05) is 0 Å². The number of carboxylic acids is 2. The van der Waals surface area contributed by atoms with Gasteiger partial charge in [-0.25, -0.2) is 0 Å². The molecule has 0 atom stereocenters. The Morgan fingerprint density at radius 1 is 1.00 bits per heavy atom. The molecule has 0 N–H and O–H groups in total. The van der Waals surface area contributed by atoms with Crippen LogP contribution in [0.25, 0.3) is 0 Å². The minimum absolute atomic E-state index is 0.0599. The van der Waals surface area contributed by atoms with Gasteiger partial charge in [0.2, 0.25) is 0 Å². The molecule has 0 aliphatic carbocycles. The van der Waals surface area contributed by atoms with Crippen LogP contribution in [0.1, 0.15) is 12.8 Å². The van der Waals surface area contributed by atoms with E-state index >= 15 is 0 Å². The fourth-order valence-corrected chi connectivity index (χ4v) is 1.49. The van der Waals surface area contributed by atoms with Crippen LogP contribution in [0.2, 0.25) is 0 Å². The van der Waals surface area contributed by atoms with E-state index in [1.807, 2.05) is 0 Å². The molecule has 0 aliphatic rings. The van der Waals surface area contributed by atoms with Crippen molar-refractivity contribution in [1.82, 2.24) is 0 Å². The predicted molar refractivity (Wildman–Crippen MR) is 37.1 cm³/mol. The van der Waals surface area contributed by atoms with Gasteiger partial charge in [0.15, 0.2) is 0 Å². The standard InChI is InChI=1S/C6H10O5S/c7-5(8)1-3-12(11)4-2-6(9)10/h1-4H2,(H,7,8)(H,9,10)/p-2. The highest BCUT2D eigenvalue weighted by Gasteiger charge is 1.99. The van der Waals surface area contributed by atoms with E-state index in [4.69, 9.17) is 0 Å². The average molecular weight is 192 g/mol. The molecule has 0 spiro atoms. The molecular weight excluding hydrogens is 184 g/mol. The molecule has 70 valence electrons. The molecule has 0 aromatic carbocycles. The largest absolute Gasteiger partial charge is 0.550 e. The Morgan fingerprint density at radius 3 is 1.58 bits per heavy atom. The van der Waals surface area contributed by atoms with Crippen LogP contribution in [0.3, 0.4) is 0 Å². The van der Waals surface area contributed by atoms with Crippen molar-refractivity contribution in [3.63, 3.8) is 0 Å². The van der Waals surface area contributed by atoms with Crippen molar-refractivity contribution in [2.24, 2.45) is 0 Å². The van der Waals surface area contributed by atoms with Gasteiger partial charge in [-0.3, -0.25) is 4.21 Å². The zero-order valence-electron chi connectivity index (χ0n) is 6.28. The summed E-state index contributed by atoms with van der Waals surface area (Å²) >= 11 is 0. The minimum Gasteiger partial charge on any atom is -0.550 e. The highest BCUT2D eigenvalue weighted by atomic mass is 32.2. The van der Waals surface area contributed by atoms with E-state index in [9.17, 15) is 24.0 Å². The molecule has 0 fully saturated rings. The number of hydrogen-bond acceptors (Lipinski definition) is 5. The first-order chi connectivity index (χ1) is 5.52. The monoisotopic (exact) mass is 192 g/mol. The molecule has 0 heterocycles. The summed E-state index contributed by atoms with van der Waals surface area (Å²) in [5.41, 5.74) is 0. The Labute approximate surface area is 71.8 Å². The quantitative estimate of drug-likeness (QED) is 0.447. The summed E-state index contributed by atoms with van der Waals surface area (Å²) in [5, 5.41) is 19.7. The van der Waals surface area contributed by atoms with Crippen LogP contribution in [-0.4, -0.2) is 27.7 Å². The van der Waals surface area contributed by atoms with Crippen molar-refractivity contribution in [1.29, 1.82) is 0 Å². The van der Waals surface area contributed by atoms with Gasteiger partial charge in [0.1, 0.15) is 0 Å². The summed E-state index contributed by atoms with van der Waals surface area (Å²) in [4.78, 5) is 19.7. The van der Waals surface area contributed by atoms with E-state index < -0.39 is 22.7 Å². The molecule has 5 nitrogen and oxygen atoms in total. The first-order valence-corrected chi connectivity index (χ1v) is 4.76. The van der Waals surface area contributed by atoms with E-state index in [0.717, 1.165) is 0 Å². The number of rotatable bonds is 6. The van der Waals surface area contributed by atoms with E-state index in [1.54, 1.807) is 0 Å². The number of aliphatic carboxylic acids is 2. The van der Waals surface area contributed by atoms with Crippen molar-refractivity contribution in [3.05, 3.63) is 0 Å². The summed E-state index contributed by atoms with van der Waals surface area (Å²) in [5.74, 6) is -2.68. The Balaban J connectivity index is 3.47. The van der Waals surface area contributed by atoms with Gasteiger partial charge in [0, 0.05) is 34.2 Å². The molecule has 0 aromatic heterocycles. The highest BCUT2D eigenvalue weighted by Crippen LogP contribution is 1.89. The first kappa shape index (κ1) is 11.1. The maximum absolute atomic E-state index is 10.8. The lowest BCUT2D eigenvalue weighted by Crippen LogP contribution is -2.26. The third kappa shape index (κ3) is 7.20. The molecule has 0 saturated heterocycles. The van der Waals surface area contributed by atoms with E-state index in [1.165, 1.54) is 0 Å². The zero-order valence-corrected chi connectivity index (χ0v) is 7.09. The van der Waals surface area contributed by atoms with E-state index in [2.05, 4.69) is 0 Å². The normalized spacial score (nSPS) is 10.1. The molecule has 0 radical (unpaired) electrons. The molecular formula is C6H8O5S-2. The van der Waals surface area contributed by atoms with E-state index in [-0.39, 0.29) is 24.3 Å². The first-order valence-electron chi connectivity index (χ1n) is 3.27. The van der Waals surface area contributed by atoms with Crippen LogP contribution < -0.4 is 10.2 Å². The lowest BCUT2D eigenvalue weighted by Gasteiger charge is -2.03. The van der Waals surface area contributed by atoms with Crippen LogP contribution >= 0.6 is 0 Å². The van der Waals surface area contributed by atoms with Gasteiger partial charge in [0.25, 0.3) is 0 Å². The lowest BCUT2D eigenvalue weighted by molar-refractivity contribution is -0.306. The third-order valence-corrected chi connectivity index (χ3v) is 2.39. The molecule has 12 heavy (non-hydrogen) atoms. The molecule has 6 heteroatoms. The van der Waals surface area contributed by atoms with Gasteiger partial charge in [0.05, 0.1) is 0 Å². The second-order valence-corrected chi connectivity index (χ2v) is 3.79. The van der Waals surface area contributed by atoms with Crippen LogP contribution in [0, 0.1) is 0 Å². The maximum atomic E-state index is 10.8. The Kier molecular flexibility index (Phi) is 5.27.